The third-order valence-electron chi connectivity index (χ3n) is 5.78. The summed E-state index contributed by atoms with van der Waals surface area (Å²) in [5.74, 6) is 0.634. The predicted octanol–water partition coefficient (Wildman–Crippen LogP) is 2.63. The van der Waals surface area contributed by atoms with Gasteiger partial charge in [0.15, 0.2) is 0 Å². The maximum Gasteiger partial charge on any atom is 0.259 e. The van der Waals surface area contributed by atoms with Crippen LogP contribution in [-0.2, 0) is 29.4 Å². The Balaban J connectivity index is 1.30. The quantitative estimate of drug-likeness (QED) is 0.641. The number of hydrogen-bond donors (Lipinski definition) is 1. The number of hydrogen-bond acceptors (Lipinski definition) is 6. The zero-order valence-electron chi connectivity index (χ0n) is 16.2. The van der Waals surface area contributed by atoms with Gasteiger partial charge in [-0.15, -0.1) is 11.3 Å². The molecule has 0 saturated carbocycles. The average molecular weight is 465 g/mol. The SMILES string of the molecule is O=c1[nH]c(CN2CCN(S(=O)(=O)c3ccccc3Cl)CC2)nc2sc3c(c12)CCC3. The number of H-pyrrole nitrogens is 1. The van der Waals surface area contributed by atoms with Crippen molar-refractivity contribution in [2.45, 2.75) is 30.7 Å². The summed E-state index contributed by atoms with van der Waals surface area (Å²) in [7, 11) is -3.62. The number of sulfonamides is 1. The van der Waals surface area contributed by atoms with Gasteiger partial charge < -0.3 is 4.98 Å². The first kappa shape index (κ1) is 20.1. The lowest BCUT2D eigenvalue weighted by molar-refractivity contribution is 0.178. The summed E-state index contributed by atoms with van der Waals surface area (Å²) in [6.07, 6.45) is 3.11. The Kier molecular flexibility index (Phi) is 5.19. The maximum absolute atomic E-state index is 12.9. The lowest BCUT2D eigenvalue weighted by Crippen LogP contribution is -2.48. The van der Waals surface area contributed by atoms with Crippen LogP contribution in [0.15, 0.2) is 34.0 Å². The third kappa shape index (κ3) is 3.48. The van der Waals surface area contributed by atoms with Crippen LogP contribution in [0, 0.1) is 0 Å². The van der Waals surface area contributed by atoms with E-state index in [9.17, 15) is 13.2 Å². The fourth-order valence-corrected chi connectivity index (χ4v) is 7.45. The van der Waals surface area contributed by atoms with Crippen molar-refractivity contribution >= 4 is 43.2 Å². The van der Waals surface area contributed by atoms with Crippen molar-refractivity contribution in [1.82, 2.24) is 19.2 Å². The van der Waals surface area contributed by atoms with Gasteiger partial charge in [0.2, 0.25) is 10.0 Å². The second-order valence-electron chi connectivity index (χ2n) is 7.66. The number of aromatic nitrogens is 2. The Morgan fingerprint density at radius 1 is 1.13 bits per heavy atom. The molecule has 0 bridgehead atoms. The highest BCUT2D eigenvalue weighted by Crippen LogP contribution is 2.34. The second-order valence-corrected chi connectivity index (χ2v) is 11.1. The summed E-state index contributed by atoms with van der Waals surface area (Å²) in [4.78, 5) is 24.6. The van der Waals surface area contributed by atoms with Crippen molar-refractivity contribution in [2.75, 3.05) is 26.2 Å². The van der Waals surface area contributed by atoms with E-state index in [1.165, 1.54) is 20.8 Å². The summed E-state index contributed by atoms with van der Waals surface area (Å²) in [6, 6.07) is 6.51. The molecule has 3 aromatic rings. The van der Waals surface area contributed by atoms with Crippen LogP contribution in [0.25, 0.3) is 10.2 Å². The molecule has 1 fully saturated rings. The van der Waals surface area contributed by atoms with E-state index in [0.29, 0.717) is 38.5 Å². The first-order valence-corrected chi connectivity index (χ1v) is 12.6. The Hall–Kier alpha value is -1.78. The standard InChI is InChI=1S/C20H21ClN4O3S2/c21-14-5-1-2-7-16(14)30(27,28)25-10-8-24(9-11-25)12-17-22-19(26)18-13-4-3-6-15(13)29-20(18)23-17/h1-2,5,7H,3-4,6,8-12H2,(H,22,23,26). The maximum atomic E-state index is 12.9. The van der Waals surface area contributed by atoms with Gasteiger partial charge in [-0.2, -0.15) is 4.31 Å². The third-order valence-corrected chi connectivity index (χ3v) is 9.37. The van der Waals surface area contributed by atoms with E-state index in [1.54, 1.807) is 29.5 Å². The fourth-order valence-electron chi connectivity index (χ4n) is 4.25. The van der Waals surface area contributed by atoms with Gasteiger partial charge in [0.25, 0.3) is 5.56 Å². The van der Waals surface area contributed by atoms with E-state index in [1.807, 2.05) is 0 Å². The van der Waals surface area contributed by atoms with E-state index in [4.69, 9.17) is 16.6 Å². The van der Waals surface area contributed by atoms with E-state index in [0.717, 1.165) is 29.5 Å². The molecule has 0 unspecified atom stereocenters. The van der Waals surface area contributed by atoms with Gasteiger partial charge >= 0.3 is 0 Å². The average Bonchev–Trinajstić information content (AvgIpc) is 3.29. The van der Waals surface area contributed by atoms with Crippen molar-refractivity contribution in [3.05, 3.63) is 55.9 Å². The summed E-state index contributed by atoms with van der Waals surface area (Å²) in [6.45, 7) is 2.35. The van der Waals surface area contributed by atoms with Gasteiger partial charge in [-0.05, 0) is 37.0 Å². The first-order valence-electron chi connectivity index (χ1n) is 9.94. The smallest absolute Gasteiger partial charge is 0.259 e. The number of piperazine rings is 1. The number of nitrogens with one attached hydrogen (secondary N) is 1. The van der Waals surface area contributed by atoms with Crippen molar-refractivity contribution in [2.24, 2.45) is 0 Å². The molecule has 30 heavy (non-hydrogen) atoms. The molecule has 7 nitrogen and oxygen atoms in total. The highest BCUT2D eigenvalue weighted by Gasteiger charge is 2.30. The highest BCUT2D eigenvalue weighted by atomic mass is 35.5. The van der Waals surface area contributed by atoms with Crippen LogP contribution in [-0.4, -0.2) is 53.8 Å². The number of fused-ring (bicyclic) bond motifs is 3. The summed E-state index contributed by atoms with van der Waals surface area (Å²) >= 11 is 7.73. The summed E-state index contributed by atoms with van der Waals surface area (Å²) in [5.41, 5.74) is 1.11. The minimum Gasteiger partial charge on any atom is -0.309 e. The lowest BCUT2D eigenvalue weighted by atomic mass is 10.2. The number of halogens is 1. The molecule has 1 N–H and O–H groups in total. The zero-order valence-corrected chi connectivity index (χ0v) is 18.6. The number of rotatable bonds is 4. The van der Waals surface area contributed by atoms with Crippen LogP contribution in [0.3, 0.4) is 0 Å². The summed E-state index contributed by atoms with van der Waals surface area (Å²) < 4.78 is 27.3. The predicted molar refractivity (Wildman–Crippen MR) is 118 cm³/mol. The molecule has 1 aliphatic heterocycles. The minimum absolute atomic E-state index is 0.0608. The molecule has 3 heterocycles. The molecular formula is C20H21ClN4O3S2. The molecule has 0 spiro atoms. The topological polar surface area (TPSA) is 86.4 Å². The van der Waals surface area contributed by atoms with Crippen LogP contribution < -0.4 is 5.56 Å². The molecule has 0 atom stereocenters. The van der Waals surface area contributed by atoms with Gasteiger partial charge in [-0.3, -0.25) is 9.69 Å². The van der Waals surface area contributed by atoms with E-state index in [2.05, 4.69) is 9.88 Å². The molecule has 2 aliphatic rings. The normalized spacial score (nSPS) is 18.2. The molecule has 10 heteroatoms. The number of aryl methyl sites for hydroxylation is 2. The molecule has 5 rings (SSSR count). The first-order chi connectivity index (χ1) is 14.4. The Morgan fingerprint density at radius 3 is 2.67 bits per heavy atom. The second kappa shape index (κ2) is 7.72. The van der Waals surface area contributed by atoms with Gasteiger partial charge in [-0.25, -0.2) is 13.4 Å². The minimum atomic E-state index is -3.62. The molecule has 1 aromatic carbocycles. The molecule has 0 radical (unpaired) electrons. The Morgan fingerprint density at radius 2 is 1.90 bits per heavy atom. The molecule has 0 amide bonds. The Bertz CT molecular complexity index is 1280. The van der Waals surface area contributed by atoms with Crippen LogP contribution in [0.1, 0.15) is 22.7 Å². The number of thiophene rings is 1. The van der Waals surface area contributed by atoms with Crippen molar-refractivity contribution in [3.63, 3.8) is 0 Å². The van der Waals surface area contributed by atoms with Crippen LogP contribution in [0.5, 0.6) is 0 Å². The van der Waals surface area contributed by atoms with E-state index in [-0.39, 0.29) is 15.5 Å². The fraction of sp³-hybridized carbons (Fsp3) is 0.400. The van der Waals surface area contributed by atoms with Gasteiger partial charge in [0.05, 0.1) is 17.0 Å². The summed E-state index contributed by atoms with van der Waals surface area (Å²) in [5, 5.41) is 0.991. The van der Waals surface area contributed by atoms with Crippen LogP contribution in [0.4, 0.5) is 0 Å². The van der Waals surface area contributed by atoms with Gasteiger partial charge in [-0.1, -0.05) is 23.7 Å². The molecule has 158 valence electrons. The van der Waals surface area contributed by atoms with E-state index >= 15 is 0 Å². The highest BCUT2D eigenvalue weighted by molar-refractivity contribution is 7.89. The Labute approximate surface area is 183 Å². The molecule has 2 aromatic heterocycles. The lowest BCUT2D eigenvalue weighted by Gasteiger charge is -2.33. The zero-order chi connectivity index (χ0) is 20.9. The number of aromatic amines is 1. The van der Waals surface area contributed by atoms with Gasteiger partial charge in [0.1, 0.15) is 15.6 Å². The van der Waals surface area contributed by atoms with Crippen LogP contribution >= 0.6 is 22.9 Å². The van der Waals surface area contributed by atoms with Crippen molar-refractivity contribution < 1.29 is 8.42 Å². The van der Waals surface area contributed by atoms with E-state index < -0.39 is 10.0 Å². The van der Waals surface area contributed by atoms with Gasteiger partial charge in [0, 0.05) is 31.1 Å². The number of benzene rings is 1. The monoisotopic (exact) mass is 464 g/mol. The molecular weight excluding hydrogens is 444 g/mol. The molecule has 1 saturated heterocycles. The van der Waals surface area contributed by atoms with Crippen LogP contribution in [0.2, 0.25) is 5.02 Å². The van der Waals surface area contributed by atoms with Crippen molar-refractivity contribution in [3.8, 4) is 0 Å². The van der Waals surface area contributed by atoms with Crippen molar-refractivity contribution in [1.29, 1.82) is 0 Å². The molecule has 1 aliphatic carbocycles. The largest absolute Gasteiger partial charge is 0.309 e. The number of nitrogens with zero attached hydrogens (tertiary/aromatic N) is 3.